The Hall–Kier alpha value is -3.44. The molecule has 1 aliphatic rings. The van der Waals surface area contributed by atoms with Crippen molar-refractivity contribution >= 4 is 27.6 Å². The molecular formula is C30H33NO4. The maximum Gasteiger partial charge on any atom is 0.307 e. The Morgan fingerprint density at radius 2 is 1.86 bits per heavy atom. The van der Waals surface area contributed by atoms with E-state index in [4.69, 9.17) is 14.8 Å². The van der Waals surface area contributed by atoms with Crippen molar-refractivity contribution in [1.29, 1.82) is 0 Å². The molecule has 182 valence electrons. The summed E-state index contributed by atoms with van der Waals surface area (Å²) in [5.41, 5.74) is 6.57. The Bertz CT molecular complexity index is 1410. The van der Waals surface area contributed by atoms with Gasteiger partial charge in [0.15, 0.2) is 0 Å². The van der Waals surface area contributed by atoms with Crippen molar-refractivity contribution < 1.29 is 19.7 Å². The van der Waals surface area contributed by atoms with E-state index in [0.717, 1.165) is 62.5 Å². The molecule has 2 N–H and O–H groups in total. The molecule has 0 fully saturated rings. The van der Waals surface area contributed by atoms with E-state index in [1.165, 1.54) is 11.1 Å². The average molecular weight is 472 g/mol. The van der Waals surface area contributed by atoms with Crippen LogP contribution in [0.4, 0.5) is 0 Å². The highest BCUT2D eigenvalue weighted by molar-refractivity contribution is 6.08. The normalized spacial score (nSPS) is 12.7. The molecule has 1 aliphatic heterocycles. The van der Waals surface area contributed by atoms with Gasteiger partial charge in [-0.15, -0.1) is 0 Å². The van der Waals surface area contributed by atoms with Gasteiger partial charge in [-0.3, -0.25) is 9.78 Å². The Kier molecular flexibility index (Phi) is 6.82. The molecule has 0 radical (unpaired) electrons. The quantitative estimate of drug-likeness (QED) is 0.360. The highest BCUT2D eigenvalue weighted by Crippen LogP contribution is 2.42. The predicted octanol–water partition coefficient (Wildman–Crippen LogP) is 6.40. The SMILES string of the molecule is CCC(C)(C)O.Cc1ccc2c(-c3ccc4c5c(ccnc35)CCO4)c(CC(=O)O)c(C)cc2c1. The number of carboxylic acids is 1. The Balaban J connectivity index is 0.000000431. The third-order valence-electron chi connectivity index (χ3n) is 6.66. The van der Waals surface area contributed by atoms with Gasteiger partial charge in [0.05, 0.1) is 24.1 Å². The maximum absolute atomic E-state index is 11.7. The topological polar surface area (TPSA) is 79.7 Å². The van der Waals surface area contributed by atoms with E-state index in [-0.39, 0.29) is 6.42 Å². The number of hydrogen-bond donors (Lipinski definition) is 2. The van der Waals surface area contributed by atoms with Crippen molar-refractivity contribution in [3.05, 3.63) is 70.9 Å². The number of aromatic nitrogens is 1. The number of hydrogen-bond acceptors (Lipinski definition) is 4. The first-order chi connectivity index (χ1) is 16.6. The highest BCUT2D eigenvalue weighted by atomic mass is 16.5. The van der Waals surface area contributed by atoms with Crippen LogP contribution in [0, 0.1) is 13.8 Å². The number of carbonyl (C=O) groups is 1. The van der Waals surface area contributed by atoms with Gasteiger partial charge in [-0.05, 0) is 85.3 Å². The summed E-state index contributed by atoms with van der Waals surface area (Å²) in [6.45, 7) is 10.3. The average Bonchev–Trinajstić information content (AvgIpc) is 2.80. The number of fused-ring (bicyclic) bond motifs is 1. The number of ether oxygens (including phenoxy) is 1. The molecule has 2 heterocycles. The minimum atomic E-state index is -0.833. The first-order valence-corrected chi connectivity index (χ1v) is 12.1. The molecule has 0 aliphatic carbocycles. The molecule has 0 spiro atoms. The van der Waals surface area contributed by atoms with Gasteiger partial charge in [-0.1, -0.05) is 36.8 Å². The first kappa shape index (κ1) is 24.7. The number of aryl methyl sites for hydroxylation is 2. The number of carboxylic acid groups (broad SMARTS) is 1. The predicted molar refractivity (Wildman–Crippen MR) is 141 cm³/mol. The number of aliphatic hydroxyl groups is 1. The summed E-state index contributed by atoms with van der Waals surface area (Å²) in [5, 5.41) is 21.6. The van der Waals surface area contributed by atoms with E-state index in [9.17, 15) is 9.90 Å². The van der Waals surface area contributed by atoms with Crippen molar-refractivity contribution in [3.8, 4) is 16.9 Å². The molecule has 0 amide bonds. The second-order valence-electron chi connectivity index (χ2n) is 9.91. The fraction of sp³-hybridized carbons (Fsp3) is 0.333. The zero-order valence-corrected chi connectivity index (χ0v) is 21.1. The van der Waals surface area contributed by atoms with Crippen molar-refractivity contribution in [3.63, 3.8) is 0 Å². The van der Waals surface area contributed by atoms with Gasteiger partial charge >= 0.3 is 5.97 Å². The van der Waals surface area contributed by atoms with E-state index >= 15 is 0 Å². The summed E-state index contributed by atoms with van der Waals surface area (Å²) >= 11 is 0. The van der Waals surface area contributed by atoms with Gasteiger partial charge in [0, 0.05) is 23.6 Å². The maximum atomic E-state index is 11.7. The molecule has 5 rings (SSSR count). The molecule has 0 saturated carbocycles. The number of rotatable bonds is 4. The summed E-state index contributed by atoms with van der Waals surface area (Å²) in [5.74, 6) is 0.0190. The lowest BCUT2D eigenvalue weighted by Gasteiger charge is -2.21. The first-order valence-electron chi connectivity index (χ1n) is 12.1. The lowest BCUT2D eigenvalue weighted by molar-refractivity contribution is -0.136. The Morgan fingerprint density at radius 1 is 1.11 bits per heavy atom. The van der Waals surface area contributed by atoms with E-state index in [1.807, 2.05) is 38.2 Å². The van der Waals surface area contributed by atoms with Crippen LogP contribution in [0.2, 0.25) is 0 Å². The van der Waals surface area contributed by atoms with E-state index in [1.54, 1.807) is 13.8 Å². The molecular weight excluding hydrogens is 438 g/mol. The third kappa shape index (κ3) is 5.15. The van der Waals surface area contributed by atoms with E-state index in [0.29, 0.717) is 6.61 Å². The molecule has 4 aromatic rings. The fourth-order valence-corrected chi connectivity index (χ4v) is 4.50. The van der Waals surface area contributed by atoms with Crippen LogP contribution >= 0.6 is 0 Å². The van der Waals surface area contributed by atoms with Gasteiger partial charge in [-0.25, -0.2) is 0 Å². The van der Waals surface area contributed by atoms with Crippen molar-refractivity contribution in [2.75, 3.05) is 6.61 Å². The van der Waals surface area contributed by atoms with Crippen LogP contribution in [0.25, 0.3) is 32.8 Å². The van der Waals surface area contributed by atoms with Crippen LogP contribution in [0.1, 0.15) is 49.4 Å². The van der Waals surface area contributed by atoms with Gasteiger partial charge in [0.25, 0.3) is 0 Å². The van der Waals surface area contributed by atoms with Crippen LogP contribution in [-0.2, 0) is 17.6 Å². The molecule has 5 heteroatoms. The number of nitrogens with zero attached hydrogens (tertiary/aromatic N) is 1. The highest BCUT2D eigenvalue weighted by Gasteiger charge is 2.22. The third-order valence-corrected chi connectivity index (χ3v) is 6.66. The fourth-order valence-electron chi connectivity index (χ4n) is 4.50. The number of aliphatic carboxylic acids is 1. The van der Waals surface area contributed by atoms with E-state index < -0.39 is 11.6 Å². The summed E-state index contributed by atoms with van der Waals surface area (Å²) in [4.78, 5) is 16.4. The van der Waals surface area contributed by atoms with Crippen molar-refractivity contribution in [2.24, 2.45) is 0 Å². The van der Waals surface area contributed by atoms with Gasteiger partial charge in [-0.2, -0.15) is 0 Å². The molecule has 0 unspecified atom stereocenters. The second-order valence-corrected chi connectivity index (χ2v) is 9.91. The number of benzene rings is 3. The molecule has 5 nitrogen and oxygen atoms in total. The summed E-state index contributed by atoms with van der Waals surface area (Å²) in [6, 6.07) is 14.5. The minimum Gasteiger partial charge on any atom is -0.493 e. The van der Waals surface area contributed by atoms with Crippen LogP contribution in [-0.4, -0.2) is 33.4 Å². The monoisotopic (exact) mass is 471 g/mol. The molecule has 0 bridgehead atoms. The zero-order valence-electron chi connectivity index (χ0n) is 21.1. The van der Waals surface area contributed by atoms with Crippen LogP contribution in [0.3, 0.4) is 0 Å². The molecule has 1 aromatic heterocycles. The van der Waals surface area contributed by atoms with Crippen LogP contribution in [0.15, 0.2) is 48.7 Å². The standard InChI is InChI=1S/C25H21NO3.C5H12O/c1-14-3-4-18-17(11-14)12-15(2)20(13-22(27)28)24(18)19-5-6-21-23-16(8-10-29-21)7-9-26-25(19)23;1-4-5(2,3)6/h3-7,9,11-12H,8,10,13H2,1-2H3,(H,27,28);6H,4H2,1-3H3. The second kappa shape index (κ2) is 9.67. The Labute approximate surface area is 206 Å². The molecule has 3 aromatic carbocycles. The lowest BCUT2D eigenvalue weighted by atomic mass is 9.86. The largest absolute Gasteiger partial charge is 0.493 e. The van der Waals surface area contributed by atoms with Gasteiger partial charge in [0.2, 0.25) is 0 Å². The summed E-state index contributed by atoms with van der Waals surface area (Å²) in [6.07, 6.45) is 3.50. The summed E-state index contributed by atoms with van der Waals surface area (Å²) in [7, 11) is 0. The Morgan fingerprint density at radius 3 is 2.54 bits per heavy atom. The lowest BCUT2D eigenvalue weighted by Crippen LogP contribution is -2.15. The van der Waals surface area contributed by atoms with E-state index in [2.05, 4.69) is 31.2 Å². The van der Waals surface area contributed by atoms with Gasteiger partial charge < -0.3 is 14.9 Å². The molecule has 0 atom stereocenters. The van der Waals surface area contributed by atoms with Crippen molar-refractivity contribution in [2.45, 2.75) is 59.5 Å². The van der Waals surface area contributed by atoms with Crippen molar-refractivity contribution in [1.82, 2.24) is 4.98 Å². The smallest absolute Gasteiger partial charge is 0.307 e. The molecule has 0 saturated heterocycles. The zero-order chi connectivity index (χ0) is 25.3. The van der Waals surface area contributed by atoms with Gasteiger partial charge in [0.1, 0.15) is 5.75 Å². The van der Waals surface area contributed by atoms with Crippen LogP contribution in [0.5, 0.6) is 5.75 Å². The van der Waals surface area contributed by atoms with Crippen LogP contribution < -0.4 is 4.74 Å². The minimum absolute atomic E-state index is 0.0234. The summed E-state index contributed by atoms with van der Waals surface area (Å²) < 4.78 is 5.87. The number of pyridine rings is 1. The molecule has 35 heavy (non-hydrogen) atoms.